The van der Waals surface area contributed by atoms with Crippen LogP contribution in [0.5, 0.6) is 5.75 Å². The van der Waals surface area contributed by atoms with Gasteiger partial charge in [0.25, 0.3) is 11.8 Å². The SMILES string of the molecule is CCNC(=O)c1cccc(NC(=O)COc2ccc(C(C)(C)C)cc2)c1. The van der Waals surface area contributed by atoms with Crippen LogP contribution in [-0.4, -0.2) is 25.0 Å². The van der Waals surface area contributed by atoms with Crippen LogP contribution in [0.2, 0.25) is 0 Å². The zero-order valence-electron chi connectivity index (χ0n) is 15.8. The number of hydrogen-bond acceptors (Lipinski definition) is 3. The Morgan fingerprint density at radius 2 is 1.73 bits per heavy atom. The van der Waals surface area contributed by atoms with Gasteiger partial charge in [0.2, 0.25) is 0 Å². The fourth-order valence-electron chi connectivity index (χ4n) is 2.40. The van der Waals surface area contributed by atoms with Crippen LogP contribution >= 0.6 is 0 Å². The molecule has 0 bridgehead atoms. The minimum absolute atomic E-state index is 0.0744. The van der Waals surface area contributed by atoms with Gasteiger partial charge in [0, 0.05) is 17.8 Å². The zero-order valence-corrected chi connectivity index (χ0v) is 15.8. The third-order valence-electron chi connectivity index (χ3n) is 3.84. The fraction of sp³-hybridized carbons (Fsp3) is 0.333. The first-order valence-electron chi connectivity index (χ1n) is 8.71. The lowest BCUT2D eigenvalue weighted by Crippen LogP contribution is -2.23. The maximum absolute atomic E-state index is 12.1. The minimum Gasteiger partial charge on any atom is -0.484 e. The fourth-order valence-corrected chi connectivity index (χ4v) is 2.40. The van der Waals surface area contributed by atoms with E-state index in [4.69, 9.17) is 4.74 Å². The van der Waals surface area contributed by atoms with Crippen molar-refractivity contribution in [2.75, 3.05) is 18.5 Å². The van der Waals surface area contributed by atoms with Gasteiger partial charge in [0.1, 0.15) is 5.75 Å². The van der Waals surface area contributed by atoms with Crippen molar-refractivity contribution in [3.63, 3.8) is 0 Å². The van der Waals surface area contributed by atoms with Gasteiger partial charge >= 0.3 is 0 Å². The Bertz CT molecular complexity index is 762. The third kappa shape index (κ3) is 5.62. The molecule has 26 heavy (non-hydrogen) atoms. The molecule has 0 aromatic heterocycles. The number of benzene rings is 2. The highest BCUT2D eigenvalue weighted by atomic mass is 16.5. The number of amides is 2. The topological polar surface area (TPSA) is 67.4 Å². The predicted octanol–water partition coefficient (Wildman–Crippen LogP) is 3.75. The van der Waals surface area contributed by atoms with E-state index < -0.39 is 0 Å². The number of carbonyl (C=O) groups is 2. The van der Waals surface area contributed by atoms with E-state index in [-0.39, 0.29) is 23.8 Å². The average molecular weight is 354 g/mol. The number of rotatable bonds is 6. The second-order valence-corrected chi connectivity index (χ2v) is 7.05. The molecule has 0 saturated heterocycles. The van der Waals surface area contributed by atoms with Crippen molar-refractivity contribution in [1.29, 1.82) is 0 Å². The molecule has 0 fully saturated rings. The van der Waals surface area contributed by atoms with E-state index in [0.29, 0.717) is 23.5 Å². The third-order valence-corrected chi connectivity index (χ3v) is 3.84. The first-order chi connectivity index (χ1) is 12.3. The summed E-state index contributed by atoms with van der Waals surface area (Å²) in [5.74, 6) is 0.195. The molecule has 0 heterocycles. The minimum atomic E-state index is -0.280. The van der Waals surface area contributed by atoms with E-state index in [1.807, 2.05) is 31.2 Å². The monoisotopic (exact) mass is 354 g/mol. The number of carbonyl (C=O) groups excluding carboxylic acids is 2. The van der Waals surface area contributed by atoms with Crippen LogP contribution < -0.4 is 15.4 Å². The molecule has 2 rings (SSSR count). The molecule has 0 aliphatic heterocycles. The normalized spacial score (nSPS) is 10.9. The highest BCUT2D eigenvalue weighted by molar-refractivity contribution is 5.97. The molecule has 5 nitrogen and oxygen atoms in total. The van der Waals surface area contributed by atoms with Gasteiger partial charge in [0.15, 0.2) is 6.61 Å². The smallest absolute Gasteiger partial charge is 0.262 e. The van der Waals surface area contributed by atoms with Crippen molar-refractivity contribution in [3.8, 4) is 5.75 Å². The molecule has 2 N–H and O–H groups in total. The quantitative estimate of drug-likeness (QED) is 0.830. The summed E-state index contributed by atoms with van der Waals surface area (Å²) in [6, 6.07) is 14.5. The van der Waals surface area contributed by atoms with E-state index in [0.717, 1.165) is 0 Å². The summed E-state index contributed by atoms with van der Waals surface area (Å²) in [4.78, 5) is 23.9. The Balaban J connectivity index is 1.91. The van der Waals surface area contributed by atoms with E-state index in [1.165, 1.54) is 5.56 Å². The molecular weight excluding hydrogens is 328 g/mol. The van der Waals surface area contributed by atoms with Gasteiger partial charge in [-0.1, -0.05) is 39.0 Å². The van der Waals surface area contributed by atoms with Crippen LogP contribution in [0.3, 0.4) is 0 Å². The Labute approximate surface area is 154 Å². The molecule has 2 aromatic rings. The van der Waals surface area contributed by atoms with Gasteiger partial charge in [-0.25, -0.2) is 0 Å². The van der Waals surface area contributed by atoms with Gasteiger partial charge in [-0.05, 0) is 48.2 Å². The lowest BCUT2D eigenvalue weighted by atomic mass is 9.87. The number of ether oxygens (including phenoxy) is 1. The standard InChI is InChI=1S/C21H26N2O3/c1-5-22-20(25)15-7-6-8-17(13-15)23-19(24)14-26-18-11-9-16(10-12-18)21(2,3)4/h6-13H,5,14H2,1-4H3,(H,22,25)(H,23,24). The van der Waals surface area contributed by atoms with Crippen LogP contribution in [0.1, 0.15) is 43.6 Å². The summed E-state index contributed by atoms with van der Waals surface area (Å²) in [5, 5.41) is 5.47. The van der Waals surface area contributed by atoms with Gasteiger partial charge < -0.3 is 15.4 Å². The second kappa shape index (κ2) is 8.52. The highest BCUT2D eigenvalue weighted by Gasteiger charge is 2.13. The molecule has 0 spiro atoms. The molecular formula is C21H26N2O3. The molecule has 0 saturated carbocycles. The van der Waals surface area contributed by atoms with E-state index in [1.54, 1.807) is 24.3 Å². The van der Waals surface area contributed by atoms with Gasteiger partial charge in [0.05, 0.1) is 0 Å². The van der Waals surface area contributed by atoms with Gasteiger partial charge in [-0.15, -0.1) is 0 Å². The Morgan fingerprint density at radius 1 is 1.04 bits per heavy atom. The van der Waals surface area contributed by atoms with E-state index in [9.17, 15) is 9.59 Å². The van der Waals surface area contributed by atoms with Crippen molar-refractivity contribution in [2.45, 2.75) is 33.1 Å². The molecule has 2 amide bonds. The predicted molar refractivity (Wildman–Crippen MR) is 104 cm³/mol. The number of anilines is 1. The van der Waals surface area contributed by atoms with Crippen molar-refractivity contribution >= 4 is 17.5 Å². The molecule has 2 aromatic carbocycles. The Morgan fingerprint density at radius 3 is 2.35 bits per heavy atom. The molecule has 5 heteroatoms. The first-order valence-corrected chi connectivity index (χ1v) is 8.71. The molecule has 0 aliphatic carbocycles. The van der Waals surface area contributed by atoms with Crippen molar-refractivity contribution < 1.29 is 14.3 Å². The Kier molecular flexibility index (Phi) is 6.39. The Hall–Kier alpha value is -2.82. The van der Waals surface area contributed by atoms with E-state index >= 15 is 0 Å². The summed E-state index contributed by atoms with van der Waals surface area (Å²) in [6.07, 6.45) is 0. The largest absolute Gasteiger partial charge is 0.484 e. The second-order valence-electron chi connectivity index (χ2n) is 7.05. The molecule has 0 unspecified atom stereocenters. The van der Waals surface area contributed by atoms with Crippen LogP contribution in [0, 0.1) is 0 Å². The van der Waals surface area contributed by atoms with Crippen molar-refractivity contribution in [1.82, 2.24) is 5.32 Å². The van der Waals surface area contributed by atoms with Crippen LogP contribution in [-0.2, 0) is 10.2 Å². The molecule has 0 atom stereocenters. The van der Waals surface area contributed by atoms with Crippen LogP contribution in [0.25, 0.3) is 0 Å². The summed E-state index contributed by atoms with van der Waals surface area (Å²) < 4.78 is 5.53. The van der Waals surface area contributed by atoms with Gasteiger partial charge in [-0.2, -0.15) is 0 Å². The molecule has 138 valence electrons. The van der Waals surface area contributed by atoms with Crippen LogP contribution in [0.15, 0.2) is 48.5 Å². The maximum atomic E-state index is 12.1. The zero-order chi connectivity index (χ0) is 19.2. The van der Waals surface area contributed by atoms with Crippen molar-refractivity contribution in [3.05, 3.63) is 59.7 Å². The van der Waals surface area contributed by atoms with Gasteiger partial charge in [-0.3, -0.25) is 9.59 Å². The summed E-state index contributed by atoms with van der Waals surface area (Å²) in [6.45, 7) is 8.74. The molecule has 0 radical (unpaired) electrons. The maximum Gasteiger partial charge on any atom is 0.262 e. The first kappa shape index (κ1) is 19.5. The number of nitrogens with one attached hydrogen (secondary N) is 2. The molecule has 0 aliphatic rings. The highest BCUT2D eigenvalue weighted by Crippen LogP contribution is 2.24. The average Bonchev–Trinajstić information content (AvgIpc) is 2.60. The lowest BCUT2D eigenvalue weighted by molar-refractivity contribution is -0.118. The van der Waals surface area contributed by atoms with Crippen molar-refractivity contribution in [2.24, 2.45) is 0 Å². The lowest BCUT2D eigenvalue weighted by Gasteiger charge is -2.19. The summed E-state index contributed by atoms with van der Waals surface area (Å²) in [5.41, 5.74) is 2.34. The van der Waals surface area contributed by atoms with Crippen LogP contribution in [0.4, 0.5) is 5.69 Å². The summed E-state index contributed by atoms with van der Waals surface area (Å²) in [7, 11) is 0. The summed E-state index contributed by atoms with van der Waals surface area (Å²) >= 11 is 0. The number of hydrogen-bond donors (Lipinski definition) is 2. The van der Waals surface area contributed by atoms with E-state index in [2.05, 4.69) is 31.4 Å².